The number of nitrogens with zero attached hydrogens (tertiary/aromatic N) is 6. The predicted molar refractivity (Wildman–Crippen MR) is 127 cm³/mol. The van der Waals surface area contributed by atoms with Crippen LogP contribution in [0, 0.1) is 0 Å². The largest absolute Gasteiger partial charge is 0.457 e. The molecule has 8 nitrogen and oxygen atoms in total. The minimum atomic E-state index is -0.0479. The molecule has 170 valence electrons. The maximum atomic E-state index is 13.2. The third-order valence-electron chi connectivity index (χ3n) is 6.45. The van der Waals surface area contributed by atoms with Crippen LogP contribution in [0.2, 0.25) is 0 Å². The summed E-state index contributed by atoms with van der Waals surface area (Å²) in [5, 5.41) is 4.75. The Morgan fingerprint density at radius 2 is 1.94 bits per heavy atom. The van der Waals surface area contributed by atoms with Gasteiger partial charge in [-0.15, -0.1) is 0 Å². The van der Waals surface area contributed by atoms with Gasteiger partial charge in [0, 0.05) is 49.7 Å². The number of benzene rings is 1. The zero-order valence-corrected chi connectivity index (χ0v) is 19.2. The number of fused-ring (bicyclic) bond motifs is 1. The Balaban J connectivity index is 1.38. The van der Waals surface area contributed by atoms with E-state index >= 15 is 0 Å². The molecule has 0 N–H and O–H groups in total. The summed E-state index contributed by atoms with van der Waals surface area (Å²) in [6, 6.07) is 9.08. The van der Waals surface area contributed by atoms with Crippen LogP contribution in [-0.4, -0.2) is 47.8 Å². The van der Waals surface area contributed by atoms with Gasteiger partial charge in [0.25, 0.3) is 5.56 Å². The van der Waals surface area contributed by atoms with Crippen molar-refractivity contribution in [3.63, 3.8) is 0 Å². The van der Waals surface area contributed by atoms with Crippen molar-refractivity contribution < 1.29 is 4.74 Å². The first kappa shape index (κ1) is 21.3. The van der Waals surface area contributed by atoms with Crippen LogP contribution in [-0.2, 0) is 13.6 Å². The third kappa shape index (κ3) is 4.39. The molecular weight excluding hydrogens is 416 g/mol. The summed E-state index contributed by atoms with van der Waals surface area (Å²) in [5.74, 6) is 1.23. The Hall–Kier alpha value is -3.52. The fourth-order valence-corrected chi connectivity index (χ4v) is 4.49. The highest BCUT2D eigenvalue weighted by Crippen LogP contribution is 2.28. The van der Waals surface area contributed by atoms with Crippen molar-refractivity contribution in [3.05, 3.63) is 65.6 Å². The van der Waals surface area contributed by atoms with Gasteiger partial charge < -0.3 is 4.74 Å². The van der Waals surface area contributed by atoms with E-state index in [0.717, 1.165) is 24.3 Å². The highest BCUT2D eigenvalue weighted by Gasteiger charge is 2.31. The van der Waals surface area contributed by atoms with E-state index in [1.165, 1.54) is 12.8 Å². The lowest BCUT2D eigenvalue weighted by molar-refractivity contribution is 0.168. The molecule has 8 heteroatoms. The van der Waals surface area contributed by atoms with E-state index < -0.39 is 0 Å². The highest BCUT2D eigenvalue weighted by molar-refractivity contribution is 5.79. The fourth-order valence-electron chi connectivity index (χ4n) is 4.49. The van der Waals surface area contributed by atoms with Crippen LogP contribution in [0.5, 0.6) is 11.5 Å². The zero-order chi connectivity index (χ0) is 23.0. The SMILES string of the molecule is Cn1cc(-c2cc(Oc3ccc4ncn(CCN5CCCC5(C)C)c(=O)c4c3)ccn2)cn1. The second-order valence-corrected chi connectivity index (χ2v) is 9.21. The van der Waals surface area contributed by atoms with Gasteiger partial charge in [0.1, 0.15) is 11.5 Å². The second-order valence-electron chi connectivity index (χ2n) is 9.21. The van der Waals surface area contributed by atoms with Crippen molar-refractivity contribution >= 4 is 10.9 Å². The summed E-state index contributed by atoms with van der Waals surface area (Å²) in [7, 11) is 1.87. The number of likely N-dealkylation sites (tertiary alicyclic amines) is 1. The van der Waals surface area contributed by atoms with Gasteiger partial charge in [0.15, 0.2) is 0 Å². The van der Waals surface area contributed by atoms with E-state index in [-0.39, 0.29) is 11.1 Å². The molecule has 0 amide bonds. The normalized spacial score (nSPS) is 15.8. The lowest BCUT2D eigenvalue weighted by Crippen LogP contribution is -2.41. The Morgan fingerprint density at radius 1 is 1.09 bits per heavy atom. The first-order chi connectivity index (χ1) is 15.9. The van der Waals surface area contributed by atoms with Gasteiger partial charge in [-0.05, 0) is 57.5 Å². The van der Waals surface area contributed by atoms with Gasteiger partial charge in [-0.25, -0.2) is 4.98 Å². The number of hydrogen-bond donors (Lipinski definition) is 0. The van der Waals surface area contributed by atoms with Crippen molar-refractivity contribution in [2.75, 3.05) is 13.1 Å². The lowest BCUT2D eigenvalue weighted by atomic mass is 10.0. The fraction of sp³-hybridized carbons (Fsp3) is 0.360. The van der Waals surface area contributed by atoms with Gasteiger partial charge in [-0.1, -0.05) is 0 Å². The minimum absolute atomic E-state index is 0.0479. The van der Waals surface area contributed by atoms with Gasteiger partial charge in [-0.2, -0.15) is 5.10 Å². The second kappa shape index (κ2) is 8.44. The first-order valence-corrected chi connectivity index (χ1v) is 11.3. The van der Waals surface area contributed by atoms with E-state index in [4.69, 9.17) is 4.74 Å². The van der Waals surface area contributed by atoms with E-state index in [1.54, 1.807) is 40.1 Å². The topological polar surface area (TPSA) is 78.1 Å². The molecule has 1 aliphatic heterocycles. The Labute approximate surface area is 192 Å². The van der Waals surface area contributed by atoms with Gasteiger partial charge in [0.05, 0.1) is 29.1 Å². The molecule has 0 saturated carbocycles. The third-order valence-corrected chi connectivity index (χ3v) is 6.45. The van der Waals surface area contributed by atoms with Crippen molar-refractivity contribution in [1.82, 2.24) is 29.2 Å². The molecular formula is C25H28N6O2. The van der Waals surface area contributed by atoms with Crippen molar-refractivity contribution in [2.45, 2.75) is 38.8 Å². The smallest absolute Gasteiger partial charge is 0.261 e. The summed E-state index contributed by atoms with van der Waals surface area (Å²) in [5.41, 5.74) is 2.49. The zero-order valence-electron chi connectivity index (χ0n) is 19.2. The quantitative estimate of drug-likeness (QED) is 0.449. The van der Waals surface area contributed by atoms with Crippen molar-refractivity contribution in [2.24, 2.45) is 7.05 Å². The lowest BCUT2D eigenvalue weighted by Gasteiger charge is -2.31. The van der Waals surface area contributed by atoms with Gasteiger partial charge >= 0.3 is 0 Å². The maximum Gasteiger partial charge on any atom is 0.261 e. The molecule has 1 fully saturated rings. The number of hydrogen-bond acceptors (Lipinski definition) is 6. The molecule has 0 aliphatic carbocycles. The number of rotatable bonds is 6. The number of aromatic nitrogens is 5. The summed E-state index contributed by atoms with van der Waals surface area (Å²) in [6.07, 6.45) is 9.41. The molecule has 1 aromatic carbocycles. The Bertz CT molecular complexity index is 1360. The van der Waals surface area contributed by atoms with Crippen LogP contribution < -0.4 is 10.3 Å². The van der Waals surface area contributed by atoms with Crippen LogP contribution in [0.3, 0.4) is 0 Å². The molecule has 5 rings (SSSR count). The average molecular weight is 445 g/mol. The van der Waals surface area contributed by atoms with E-state index in [2.05, 4.69) is 33.8 Å². The number of ether oxygens (including phenoxy) is 1. The molecule has 4 heterocycles. The summed E-state index contributed by atoms with van der Waals surface area (Å²) >= 11 is 0. The molecule has 0 radical (unpaired) electrons. The van der Waals surface area contributed by atoms with Crippen molar-refractivity contribution in [3.8, 4) is 22.8 Å². The molecule has 4 aromatic rings. The number of aryl methyl sites for hydroxylation is 1. The van der Waals surface area contributed by atoms with Gasteiger partial charge in [0.2, 0.25) is 0 Å². The van der Waals surface area contributed by atoms with E-state index in [9.17, 15) is 4.79 Å². The Morgan fingerprint density at radius 3 is 2.70 bits per heavy atom. The summed E-state index contributed by atoms with van der Waals surface area (Å²) < 4.78 is 9.50. The highest BCUT2D eigenvalue weighted by atomic mass is 16.5. The molecule has 3 aromatic heterocycles. The first-order valence-electron chi connectivity index (χ1n) is 11.3. The van der Waals surface area contributed by atoms with Crippen molar-refractivity contribution in [1.29, 1.82) is 0 Å². The standard InChI is InChI=1S/C25H28N6O2/c1-25(2)8-4-10-31(25)12-11-30-17-27-22-6-5-19(13-21(22)24(30)32)33-20-7-9-26-23(14-20)18-15-28-29(3)16-18/h5-7,9,13-17H,4,8,10-12H2,1-3H3. The van der Waals surface area contributed by atoms with Crippen LogP contribution >= 0.6 is 0 Å². The summed E-state index contributed by atoms with van der Waals surface area (Å²) in [6.45, 7) is 7.07. The van der Waals surface area contributed by atoms with Gasteiger partial charge in [-0.3, -0.25) is 23.9 Å². The minimum Gasteiger partial charge on any atom is -0.457 e. The molecule has 1 aliphatic rings. The molecule has 0 bridgehead atoms. The van der Waals surface area contributed by atoms with Crippen LogP contribution in [0.4, 0.5) is 0 Å². The molecule has 0 spiro atoms. The van der Waals surface area contributed by atoms with Crippen LogP contribution in [0.25, 0.3) is 22.2 Å². The molecule has 0 atom stereocenters. The Kier molecular flexibility index (Phi) is 5.46. The van der Waals surface area contributed by atoms with Crippen LogP contribution in [0.15, 0.2) is 60.0 Å². The van der Waals surface area contributed by atoms with E-state index in [1.807, 2.05) is 31.4 Å². The monoisotopic (exact) mass is 444 g/mol. The summed E-state index contributed by atoms with van der Waals surface area (Å²) in [4.78, 5) is 24.5. The van der Waals surface area contributed by atoms with Crippen LogP contribution in [0.1, 0.15) is 26.7 Å². The van der Waals surface area contributed by atoms with E-state index in [0.29, 0.717) is 28.9 Å². The predicted octanol–water partition coefficient (Wildman–Crippen LogP) is 3.86. The molecule has 1 saturated heterocycles. The maximum absolute atomic E-state index is 13.2. The molecule has 33 heavy (non-hydrogen) atoms. The number of pyridine rings is 1. The average Bonchev–Trinajstić information content (AvgIpc) is 3.38. The molecule has 0 unspecified atom stereocenters.